The molecule has 0 heteroatoms. The van der Waals surface area contributed by atoms with Crippen molar-refractivity contribution in [2.24, 2.45) is 0 Å². The van der Waals surface area contributed by atoms with Crippen molar-refractivity contribution in [3.8, 4) is 0 Å². The number of fused-ring (bicyclic) bond motifs is 3. The summed E-state index contributed by atoms with van der Waals surface area (Å²) < 4.78 is 0. The quantitative estimate of drug-likeness (QED) is 0.212. The number of rotatable bonds is 15. The third-order valence-electron chi connectivity index (χ3n) is 11.1. The zero-order chi connectivity index (χ0) is 28.0. The van der Waals surface area contributed by atoms with Crippen LogP contribution >= 0.6 is 0 Å². The lowest BCUT2D eigenvalue weighted by molar-refractivity contribution is 0.207. The van der Waals surface area contributed by atoms with Crippen LogP contribution in [0.25, 0.3) is 12.2 Å². The molecule has 2 aromatic carbocycles. The molecule has 40 heavy (non-hydrogen) atoms. The second kappa shape index (κ2) is 13.3. The Balaban J connectivity index is 1.51. The Morgan fingerprint density at radius 1 is 0.575 bits per heavy atom. The Labute approximate surface area is 246 Å². The fourth-order valence-corrected chi connectivity index (χ4v) is 8.58. The highest BCUT2D eigenvalue weighted by Gasteiger charge is 2.46. The average molecular weight is 537 g/mol. The fourth-order valence-electron chi connectivity index (χ4n) is 8.58. The molecule has 0 spiro atoms. The van der Waals surface area contributed by atoms with Gasteiger partial charge < -0.3 is 0 Å². The fraction of sp³-hybridized carbons (Fsp3) is 0.600. The zero-order valence-electron chi connectivity index (χ0n) is 26.2. The minimum absolute atomic E-state index is 0.387. The maximum atomic E-state index is 2.80. The SMILES string of the molecule is CCCCC1(CCCC)CCC(CCCC)(CCCC)c2cc3c(cc21)C=CC3CCC1C=Cc2ccccc21. The summed E-state index contributed by atoms with van der Waals surface area (Å²) in [6.07, 6.45) is 31.4. The molecule has 2 atom stereocenters. The lowest BCUT2D eigenvalue weighted by Gasteiger charge is -2.50. The predicted molar refractivity (Wildman–Crippen MR) is 176 cm³/mol. The van der Waals surface area contributed by atoms with Gasteiger partial charge in [0, 0.05) is 11.8 Å². The molecule has 3 aliphatic carbocycles. The molecular weight excluding hydrogens is 480 g/mol. The topological polar surface area (TPSA) is 0 Å². The summed E-state index contributed by atoms with van der Waals surface area (Å²) in [6.45, 7) is 9.56. The third-order valence-corrected chi connectivity index (χ3v) is 11.1. The van der Waals surface area contributed by atoms with Crippen LogP contribution in [-0.4, -0.2) is 0 Å². The van der Waals surface area contributed by atoms with E-state index in [0.717, 1.165) is 0 Å². The highest BCUT2D eigenvalue weighted by molar-refractivity contribution is 5.67. The molecule has 0 N–H and O–H groups in total. The molecule has 0 heterocycles. The van der Waals surface area contributed by atoms with E-state index in [1.54, 1.807) is 22.3 Å². The average Bonchev–Trinajstić information content (AvgIpc) is 3.59. The minimum Gasteiger partial charge on any atom is -0.0764 e. The van der Waals surface area contributed by atoms with Gasteiger partial charge in [-0.15, -0.1) is 0 Å². The first kappa shape index (κ1) is 29.4. The van der Waals surface area contributed by atoms with Crippen molar-refractivity contribution in [3.63, 3.8) is 0 Å². The van der Waals surface area contributed by atoms with Crippen LogP contribution in [0.4, 0.5) is 0 Å². The van der Waals surface area contributed by atoms with Crippen LogP contribution in [0, 0.1) is 0 Å². The Kier molecular flexibility index (Phi) is 9.76. The summed E-state index contributed by atoms with van der Waals surface area (Å²) in [4.78, 5) is 0. The highest BCUT2D eigenvalue weighted by atomic mass is 14.5. The van der Waals surface area contributed by atoms with E-state index in [1.807, 2.05) is 0 Å². The number of hydrogen-bond acceptors (Lipinski definition) is 0. The molecule has 0 radical (unpaired) electrons. The number of allylic oxidation sites excluding steroid dienone is 2. The van der Waals surface area contributed by atoms with Crippen molar-refractivity contribution in [1.29, 1.82) is 0 Å². The maximum absolute atomic E-state index is 2.80. The van der Waals surface area contributed by atoms with Crippen molar-refractivity contribution in [1.82, 2.24) is 0 Å². The molecular formula is C40H56. The van der Waals surface area contributed by atoms with Crippen LogP contribution < -0.4 is 0 Å². The summed E-state index contributed by atoms with van der Waals surface area (Å²) in [5.41, 5.74) is 10.5. The molecule has 0 aliphatic heterocycles. The van der Waals surface area contributed by atoms with E-state index in [9.17, 15) is 0 Å². The first-order valence-corrected chi connectivity index (χ1v) is 17.2. The number of benzene rings is 2. The molecule has 0 fully saturated rings. The maximum Gasteiger partial charge on any atom is 0.00276 e. The summed E-state index contributed by atoms with van der Waals surface area (Å²) >= 11 is 0. The van der Waals surface area contributed by atoms with E-state index < -0.39 is 0 Å². The van der Waals surface area contributed by atoms with Crippen molar-refractivity contribution in [2.75, 3.05) is 0 Å². The second-order valence-corrected chi connectivity index (χ2v) is 13.6. The van der Waals surface area contributed by atoms with Crippen molar-refractivity contribution in [2.45, 2.75) is 153 Å². The molecule has 5 rings (SSSR count). The Bertz CT molecular complexity index is 1160. The van der Waals surface area contributed by atoms with Gasteiger partial charge in [-0.1, -0.05) is 140 Å². The van der Waals surface area contributed by atoms with Crippen molar-refractivity contribution >= 4 is 12.2 Å². The summed E-state index contributed by atoms with van der Waals surface area (Å²) in [6, 6.07) is 14.5. The van der Waals surface area contributed by atoms with Gasteiger partial charge in [0.2, 0.25) is 0 Å². The van der Waals surface area contributed by atoms with Crippen LogP contribution in [0.5, 0.6) is 0 Å². The summed E-state index contributed by atoms with van der Waals surface area (Å²) in [5, 5.41) is 0. The van der Waals surface area contributed by atoms with Crippen LogP contribution in [0.2, 0.25) is 0 Å². The van der Waals surface area contributed by atoms with Gasteiger partial charge in [0.15, 0.2) is 0 Å². The summed E-state index contributed by atoms with van der Waals surface area (Å²) in [7, 11) is 0. The normalized spacial score (nSPS) is 21.4. The minimum atomic E-state index is 0.387. The van der Waals surface area contributed by atoms with Gasteiger partial charge in [0.25, 0.3) is 0 Å². The molecule has 0 nitrogen and oxygen atoms in total. The van der Waals surface area contributed by atoms with Gasteiger partial charge in [-0.05, 0) is 95.6 Å². The largest absolute Gasteiger partial charge is 0.0764 e. The van der Waals surface area contributed by atoms with Crippen LogP contribution in [0.3, 0.4) is 0 Å². The van der Waals surface area contributed by atoms with E-state index in [2.05, 4.69) is 88.4 Å². The van der Waals surface area contributed by atoms with Gasteiger partial charge in [-0.3, -0.25) is 0 Å². The number of unbranched alkanes of at least 4 members (excludes halogenated alkanes) is 4. The van der Waals surface area contributed by atoms with E-state index >= 15 is 0 Å². The first-order valence-electron chi connectivity index (χ1n) is 17.2. The Morgan fingerprint density at radius 3 is 1.60 bits per heavy atom. The monoisotopic (exact) mass is 536 g/mol. The molecule has 0 saturated heterocycles. The Hall–Kier alpha value is -2.08. The summed E-state index contributed by atoms with van der Waals surface area (Å²) in [5.74, 6) is 1.15. The van der Waals surface area contributed by atoms with E-state index in [1.165, 1.54) is 114 Å². The van der Waals surface area contributed by atoms with E-state index in [0.29, 0.717) is 22.7 Å². The van der Waals surface area contributed by atoms with Gasteiger partial charge >= 0.3 is 0 Å². The van der Waals surface area contributed by atoms with E-state index in [4.69, 9.17) is 0 Å². The Morgan fingerprint density at radius 2 is 1.05 bits per heavy atom. The van der Waals surface area contributed by atoms with Gasteiger partial charge in [-0.25, -0.2) is 0 Å². The van der Waals surface area contributed by atoms with E-state index in [-0.39, 0.29) is 0 Å². The molecule has 216 valence electrons. The first-order chi connectivity index (χ1) is 19.6. The van der Waals surface area contributed by atoms with Crippen molar-refractivity contribution < 1.29 is 0 Å². The molecule has 0 amide bonds. The standard InChI is InChI=1S/C40H56/c1-5-9-23-39(24-10-6-2)27-28-40(25-11-7-3,26-12-8-4)38-30-36-33(21-22-34(36)29-37(38)39)20-19-32-18-17-31-15-13-14-16-35(31)32/h13-18,21-22,29-30,32-33H,5-12,19-20,23-28H2,1-4H3. The van der Waals surface area contributed by atoms with Gasteiger partial charge in [0.1, 0.15) is 0 Å². The van der Waals surface area contributed by atoms with Gasteiger partial charge in [0.05, 0.1) is 0 Å². The second-order valence-electron chi connectivity index (χ2n) is 13.6. The molecule has 2 aromatic rings. The molecule has 0 aromatic heterocycles. The predicted octanol–water partition coefficient (Wildman–Crippen LogP) is 12.4. The molecule has 0 bridgehead atoms. The lowest BCUT2D eigenvalue weighted by Crippen LogP contribution is -2.41. The highest BCUT2D eigenvalue weighted by Crippen LogP contribution is 2.56. The molecule has 0 saturated carbocycles. The third kappa shape index (κ3) is 5.80. The van der Waals surface area contributed by atoms with Crippen LogP contribution in [0.15, 0.2) is 48.6 Å². The molecule has 2 unspecified atom stereocenters. The lowest BCUT2D eigenvalue weighted by atomic mass is 9.54. The zero-order valence-corrected chi connectivity index (χ0v) is 26.2. The van der Waals surface area contributed by atoms with Crippen molar-refractivity contribution in [3.05, 3.63) is 81.9 Å². The number of hydrogen-bond donors (Lipinski definition) is 0. The molecule has 3 aliphatic rings. The smallest absolute Gasteiger partial charge is 0.00276 e. The van der Waals surface area contributed by atoms with Crippen LogP contribution in [0.1, 0.15) is 176 Å². The van der Waals surface area contributed by atoms with Gasteiger partial charge in [-0.2, -0.15) is 0 Å². The van der Waals surface area contributed by atoms with Crippen LogP contribution in [-0.2, 0) is 10.8 Å².